The lowest BCUT2D eigenvalue weighted by molar-refractivity contribution is -0.120. The Morgan fingerprint density at radius 2 is 1.60 bits per heavy atom. The molecule has 2 aromatic heterocycles. The molecule has 4 aromatic rings. The van der Waals surface area contributed by atoms with Crippen molar-refractivity contribution < 1.29 is 19.4 Å². The van der Waals surface area contributed by atoms with Crippen molar-refractivity contribution in [2.24, 2.45) is 0 Å². The predicted octanol–water partition coefficient (Wildman–Crippen LogP) is 6.08. The van der Waals surface area contributed by atoms with Crippen LogP contribution in [-0.4, -0.2) is 27.3 Å². The minimum Gasteiger partial charge on any atom is -0.508 e. The second kappa shape index (κ2) is 10.9. The number of rotatable bonds is 8. The molecule has 2 aliphatic carbocycles. The lowest BCUT2D eigenvalue weighted by Gasteiger charge is -2.39. The van der Waals surface area contributed by atoms with Gasteiger partial charge in [-0.15, -0.1) is 0 Å². The van der Waals surface area contributed by atoms with E-state index in [0.717, 1.165) is 44.9 Å². The number of aromatic nitrogens is 2. The van der Waals surface area contributed by atoms with Crippen molar-refractivity contribution in [3.63, 3.8) is 0 Å². The highest BCUT2D eigenvalue weighted by Crippen LogP contribution is 2.52. The molecule has 6 rings (SSSR count). The van der Waals surface area contributed by atoms with Gasteiger partial charge in [0.1, 0.15) is 11.5 Å². The summed E-state index contributed by atoms with van der Waals surface area (Å²) in [6, 6.07) is 22.6. The molecule has 2 aliphatic rings. The van der Waals surface area contributed by atoms with E-state index in [4.69, 9.17) is 4.74 Å². The number of pyridine rings is 2. The normalized spacial score (nSPS) is 15.0. The highest BCUT2D eigenvalue weighted by molar-refractivity contribution is 6.06. The number of ether oxygens (including phenoxy) is 1. The third kappa shape index (κ3) is 5.01. The van der Waals surface area contributed by atoms with Crippen LogP contribution in [0.2, 0.25) is 0 Å². The summed E-state index contributed by atoms with van der Waals surface area (Å²) in [6.45, 7) is 5.55. The number of phenols is 1. The highest BCUT2D eigenvalue weighted by Gasteiger charge is 2.39. The molecule has 0 atom stereocenters. The first-order chi connectivity index (χ1) is 20.3. The lowest BCUT2D eigenvalue weighted by Crippen LogP contribution is -2.29. The standard InChI is InChI=1S/C35H29N3O4/c1-35(2)31-18-26(40)10-12-28(31)34(29-13-11-27(41)19-32(29)35)30-17-25(9-14-33(30)42-22-39)38(20-23-7-3-5-15-36-23)21-24-8-4-6-16-37-24/h3-19,22,40H,20-21H2,1-2H3. The third-order valence-electron chi connectivity index (χ3n) is 7.81. The first-order valence-electron chi connectivity index (χ1n) is 13.7. The Kier molecular flexibility index (Phi) is 7.00. The fourth-order valence-electron chi connectivity index (χ4n) is 5.78. The molecule has 208 valence electrons. The monoisotopic (exact) mass is 555 g/mol. The Morgan fingerprint density at radius 3 is 2.24 bits per heavy atom. The maximum absolute atomic E-state index is 12.6. The van der Waals surface area contributed by atoms with Gasteiger partial charge in [0.25, 0.3) is 6.47 Å². The number of benzene rings is 2. The summed E-state index contributed by atoms with van der Waals surface area (Å²) in [6.07, 6.45) is 8.59. The summed E-state index contributed by atoms with van der Waals surface area (Å²) in [7, 11) is 0. The number of hydrogen-bond donors (Lipinski definition) is 1. The van der Waals surface area contributed by atoms with E-state index in [9.17, 15) is 14.7 Å². The number of phenolic OH excluding ortho intramolecular Hbond substituents is 1. The van der Waals surface area contributed by atoms with Crippen molar-refractivity contribution in [3.05, 3.63) is 143 Å². The van der Waals surface area contributed by atoms with Gasteiger partial charge < -0.3 is 14.7 Å². The van der Waals surface area contributed by atoms with Crippen LogP contribution >= 0.6 is 0 Å². The van der Waals surface area contributed by atoms with Crippen molar-refractivity contribution in [1.82, 2.24) is 9.97 Å². The van der Waals surface area contributed by atoms with Crippen molar-refractivity contribution in [1.29, 1.82) is 0 Å². The van der Waals surface area contributed by atoms with Gasteiger partial charge >= 0.3 is 0 Å². The van der Waals surface area contributed by atoms with E-state index < -0.39 is 5.41 Å². The van der Waals surface area contributed by atoms with Gasteiger partial charge in [-0.25, -0.2) is 0 Å². The Bertz CT molecular complexity index is 1730. The number of carbonyl (C=O) groups is 2. The number of ketones is 1. The molecule has 0 saturated carbocycles. The predicted molar refractivity (Wildman–Crippen MR) is 161 cm³/mol. The fourth-order valence-corrected chi connectivity index (χ4v) is 5.78. The molecule has 42 heavy (non-hydrogen) atoms. The molecule has 0 aliphatic heterocycles. The SMILES string of the molecule is CC1(C)C2=CC(=O)C=CC2=C(c2cc(N(Cc3ccccn3)Cc3ccccn3)ccc2OC=O)c2ccc(O)cc21. The van der Waals surface area contributed by atoms with E-state index in [-0.39, 0.29) is 11.5 Å². The van der Waals surface area contributed by atoms with Crippen LogP contribution in [-0.2, 0) is 28.1 Å². The number of allylic oxidation sites excluding steroid dienone is 5. The molecular formula is C35H29N3O4. The number of aromatic hydroxyl groups is 1. The molecule has 0 bridgehead atoms. The zero-order valence-electron chi connectivity index (χ0n) is 23.3. The summed E-state index contributed by atoms with van der Waals surface area (Å²) in [5.41, 5.74) is 7.07. The van der Waals surface area contributed by atoms with Crippen molar-refractivity contribution >= 4 is 23.5 Å². The Balaban J connectivity index is 1.57. The van der Waals surface area contributed by atoms with Gasteiger partial charge in [0, 0.05) is 34.6 Å². The maximum atomic E-state index is 12.6. The van der Waals surface area contributed by atoms with Gasteiger partial charge in [-0.05, 0) is 89.0 Å². The maximum Gasteiger partial charge on any atom is 0.298 e. The second-order valence-corrected chi connectivity index (χ2v) is 10.8. The van der Waals surface area contributed by atoms with Crippen LogP contribution in [0.25, 0.3) is 5.57 Å². The van der Waals surface area contributed by atoms with Crippen LogP contribution in [0, 0.1) is 0 Å². The number of anilines is 1. The lowest BCUT2D eigenvalue weighted by atomic mass is 9.64. The second-order valence-electron chi connectivity index (χ2n) is 10.8. The fraction of sp³-hybridized carbons (Fsp3) is 0.143. The van der Waals surface area contributed by atoms with Gasteiger partial charge in [-0.2, -0.15) is 0 Å². The van der Waals surface area contributed by atoms with E-state index in [1.807, 2.05) is 74.5 Å². The average Bonchev–Trinajstić information content (AvgIpc) is 2.99. The van der Waals surface area contributed by atoms with E-state index in [1.54, 1.807) is 42.7 Å². The van der Waals surface area contributed by atoms with Gasteiger partial charge in [-0.3, -0.25) is 19.6 Å². The average molecular weight is 556 g/mol. The van der Waals surface area contributed by atoms with E-state index in [2.05, 4.69) is 14.9 Å². The van der Waals surface area contributed by atoms with Crippen LogP contribution in [0.5, 0.6) is 11.5 Å². The molecule has 0 radical (unpaired) electrons. The number of nitrogens with zero attached hydrogens (tertiary/aromatic N) is 3. The summed E-state index contributed by atoms with van der Waals surface area (Å²) in [5.74, 6) is 0.424. The Hall–Kier alpha value is -5.30. The van der Waals surface area contributed by atoms with Gasteiger partial charge in [0.2, 0.25) is 0 Å². The zero-order chi connectivity index (χ0) is 29.3. The molecule has 0 amide bonds. The first-order valence-corrected chi connectivity index (χ1v) is 13.7. The van der Waals surface area contributed by atoms with E-state index in [1.165, 1.54) is 0 Å². The van der Waals surface area contributed by atoms with Crippen LogP contribution in [0.1, 0.15) is 41.9 Å². The zero-order valence-corrected chi connectivity index (χ0v) is 23.3. The molecule has 7 heteroatoms. The van der Waals surface area contributed by atoms with Gasteiger partial charge in [-0.1, -0.05) is 38.1 Å². The quantitative estimate of drug-likeness (QED) is 0.263. The Morgan fingerprint density at radius 1 is 0.881 bits per heavy atom. The molecule has 0 unspecified atom stereocenters. The molecule has 0 spiro atoms. The summed E-state index contributed by atoms with van der Waals surface area (Å²) < 4.78 is 5.54. The number of hydrogen-bond acceptors (Lipinski definition) is 7. The molecule has 2 aromatic carbocycles. The van der Waals surface area contributed by atoms with E-state index in [0.29, 0.717) is 30.9 Å². The third-order valence-corrected chi connectivity index (χ3v) is 7.81. The van der Waals surface area contributed by atoms with Crippen LogP contribution in [0.3, 0.4) is 0 Å². The molecule has 2 heterocycles. The van der Waals surface area contributed by atoms with Crippen LogP contribution in [0.15, 0.2) is 115 Å². The van der Waals surface area contributed by atoms with E-state index >= 15 is 0 Å². The molecule has 7 nitrogen and oxygen atoms in total. The van der Waals surface area contributed by atoms with Crippen molar-refractivity contribution in [3.8, 4) is 11.5 Å². The van der Waals surface area contributed by atoms with Crippen molar-refractivity contribution in [2.45, 2.75) is 32.4 Å². The van der Waals surface area contributed by atoms with Crippen molar-refractivity contribution in [2.75, 3.05) is 4.90 Å². The molecule has 1 N–H and O–H groups in total. The largest absolute Gasteiger partial charge is 0.508 e. The number of fused-ring (bicyclic) bond motifs is 2. The number of carbonyl (C=O) groups excluding carboxylic acids is 2. The van der Waals surface area contributed by atoms with Crippen LogP contribution < -0.4 is 9.64 Å². The topological polar surface area (TPSA) is 92.6 Å². The first kappa shape index (κ1) is 26.9. The summed E-state index contributed by atoms with van der Waals surface area (Å²) in [4.78, 5) is 35.5. The summed E-state index contributed by atoms with van der Waals surface area (Å²) >= 11 is 0. The van der Waals surface area contributed by atoms with Gasteiger partial charge in [0.05, 0.1) is 24.5 Å². The molecule has 0 saturated heterocycles. The molecular weight excluding hydrogens is 526 g/mol. The van der Waals surface area contributed by atoms with Crippen LogP contribution in [0.4, 0.5) is 5.69 Å². The molecule has 0 fully saturated rings. The van der Waals surface area contributed by atoms with Gasteiger partial charge in [0.15, 0.2) is 5.78 Å². The highest BCUT2D eigenvalue weighted by atomic mass is 16.5. The smallest absolute Gasteiger partial charge is 0.298 e. The minimum atomic E-state index is -0.555. The Labute approximate surface area is 244 Å². The minimum absolute atomic E-state index is 0.0974. The summed E-state index contributed by atoms with van der Waals surface area (Å²) in [5, 5.41) is 10.5.